The molecule has 0 N–H and O–H groups in total. The van der Waals surface area contributed by atoms with Crippen molar-refractivity contribution in [1.82, 2.24) is 0 Å². The van der Waals surface area contributed by atoms with E-state index < -0.39 is 0 Å². The summed E-state index contributed by atoms with van der Waals surface area (Å²) in [5.74, 6) is 2.75. The van der Waals surface area contributed by atoms with Crippen molar-refractivity contribution in [3.63, 3.8) is 0 Å². The van der Waals surface area contributed by atoms with Crippen molar-refractivity contribution < 1.29 is 0 Å². The molecule has 2 saturated carbocycles. The third-order valence-electron chi connectivity index (χ3n) is 5.49. The van der Waals surface area contributed by atoms with Crippen LogP contribution < -0.4 is 0 Å². The zero-order valence-corrected chi connectivity index (χ0v) is 10.7. The van der Waals surface area contributed by atoms with Gasteiger partial charge < -0.3 is 0 Å². The van der Waals surface area contributed by atoms with Crippen LogP contribution in [-0.4, -0.2) is 0 Å². The molecule has 2 unspecified atom stereocenters. The summed E-state index contributed by atoms with van der Waals surface area (Å²) in [6.07, 6.45) is 8.69. The largest absolute Gasteiger partial charge is 0.0999 e. The zero-order valence-electron chi connectivity index (χ0n) is 10.7. The molecule has 0 heteroatoms. The third-order valence-corrected chi connectivity index (χ3v) is 5.49. The maximum absolute atomic E-state index is 4.17. The second-order valence-corrected chi connectivity index (χ2v) is 6.36. The van der Waals surface area contributed by atoms with E-state index in [1.807, 2.05) is 0 Å². The summed E-state index contributed by atoms with van der Waals surface area (Å²) in [6.45, 7) is 11.4. The Morgan fingerprint density at radius 1 is 1.20 bits per heavy atom. The van der Waals surface area contributed by atoms with Gasteiger partial charge in [0.05, 0.1) is 0 Å². The molecule has 0 heterocycles. The van der Waals surface area contributed by atoms with E-state index in [1.54, 1.807) is 0 Å². The molecule has 2 aliphatic carbocycles. The van der Waals surface area contributed by atoms with Gasteiger partial charge in [-0.2, -0.15) is 0 Å². The van der Waals surface area contributed by atoms with Crippen LogP contribution in [0.15, 0.2) is 12.2 Å². The molecule has 2 fully saturated rings. The maximum Gasteiger partial charge on any atom is -0.0203 e. The van der Waals surface area contributed by atoms with Crippen molar-refractivity contribution in [2.75, 3.05) is 0 Å². The molecule has 0 bridgehead atoms. The second kappa shape index (κ2) is 3.96. The van der Waals surface area contributed by atoms with Gasteiger partial charge in [-0.3, -0.25) is 0 Å². The van der Waals surface area contributed by atoms with Gasteiger partial charge in [0.2, 0.25) is 0 Å². The molecule has 0 saturated heterocycles. The Bertz CT molecular complexity index is 253. The van der Waals surface area contributed by atoms with Crippen LogP contribution in [0.25, 0.3) is 0 Å². The monoisotopic (exact) mass is 206 g/mol. The van der Waals surface area contributed by atoms with Gasteiger partial charge in [-0.15, -0.1) is 0 Å². The van der Waals surface area contributed by atoms with E-state index in [0.717, 1.165) is 17.8 Å². The average Bonchev–Trinajstić information content (AvgIpc) is 2.19. The molecule has 2 aliphatic rings. The molecular weight excluding hydrogens is 180 g/mol. The van der Waals surface area contributed by atoms with Gasteiger partial charge in [0.1, 0.15) is 0 Å². The molecule has 0 aromatic rings. The summed E-state index contributed by atoms with van der Waals surface area (Å²) in [6, 6.07) is 0. The van der Waals surface area contributed by atoms with Gasteiger partial charge in [-0.05, 0) is 55.8 Å². The SMILES string of the molecule is C=C(C)[C@@H]1CCC2CCC[C@@H](C)C2(C)C1. The smallest absolute Gasteiger partial charge is 0.0203 e. The fraction of sp³-hybridized carbons (Fsp3) is 0.867. The summed E-state index contributed by atoms with van der Waals surface area (Å²) in [7, 11) is 0. The van der Waals surface area contributed by atoms with E-state index in [0.29, 0.717) is 5.41 Å². The topological polar surface area (TPSA) is 0 Å². The lowest BCUT2D eigenvalue weighted by atomic mass is 9.53. The Kier molecular flexibility index (Phi) is 2.96. The molecule has 0 aliphatic heterocycles. The number of hydrogen-bond donors (Lipinski definition) is 0. The lowest BCUT2D eigenvalue weighted by molar-refractivity contribution is -0.00613. The van der Waals surface area contributed by atoms with Gasteiger partial charge in [-0.25, -0.2) is 0 Å². The van der Waals surface area contributed by atoms with Crippen LogP contribution in [0.2, 0.25) is 0 Å². The van der Waals surface area contributed by atoms with Crippen LogP contribution in [0.1, 0.15) is 59.3 Å². The number of rotatable bonds is 1. The Morgan fingerprint density at radius 2 is 1.93 bits per heavy atom. The lowest BCUT2D eigenvalue weighted by Crippen LogP contribution is -2.42. The summed E-state index contributed by atoms with van der Waals surface area (Å²) < 4.78 is 0. The molecule has 4 atom stereocenters. The third kappa shape index (κ3) is 1.88. The van der Waals surface area contributed by atoms with Crippen molar-refractivity contribution in [1.29, 1.82) is 0 Å². The molecule has 0 aromatic carbocycles. The first-order valence-electron chi connectivity index (χ1n) is 6.69. The predicted octanol–water partition coefficient (Wildman–Crippen LogP) is 4.81. The van der Waals surface area contributed by atoms with Gasteiger partial charge in [0, 0.05) is 0 Å². The van der Waals surface area contributed by atoms with E-state index in [1.165, 1.54) is 44.1 Å². The van der Waals surface area contributed by atoms with Crippen molar-refractivity contribution in [2.45, 2.75) is 59.3 Å². The zero-order chi connectivity index (χ0) is 11.1. The van der Waals surface area contributed by atoms with Crippen molar-refractivity contribution in [3.05, 3.63) is 12.2 Å². The maximum atomic E-state index is 4.17. The first kappa shape index (κ1) is 11.2. The molecule has 86 valence electrons. The summed E-state index contributed by atoms with van der Waals surface area (Å²) in [5.41, 5.74) is 2.05. The van der Waals surface area contributed by atoms with Crippen LogP contribution in [0.5, 0.6) is 0 Å². The lowest BCUT2D eigenvalue weighted by Gasteiger charge is -2.52. The predicted molar refractivity (Wildman–Crippen MR) is 66.8 cm³/mol. The minimum absolute atomic E-state index is 0.625. The van der Waals surface area contributed by atoms with Crippen LogP contribution in [-0.2, 0) is 0 Å². The highest BCUT2D eigenvalue weighted by Crippen LogP contribution is 2.55. The molecule has 0 radical (unpaired) electrons. The van der Waals surface area contributed by atoms with Gasteiger partial charge in [0.25, 0.3) is 0 Å². The number of fused-ring (bicyclic) bond motifs is 1. The molecule has 0 amide bonds. The Balaban J connectivity index is 2.15. The van der Waals surface area contributed by atoms with Crippen molar-refractivity contribution in [3.8, 4) is 0 Å². The quantitative estimate of drug-likeness (QED) is 0.540. The van der Waals surface area contributed by atoms with Crippen LogP contribution in [0.4, 0.5) is 0 Å². The first-order chi connectivity index (χ1) is 7.04. The van der Waals surface area contributed by atoms with Crippen LogP contribution >= 0.6 is 0 Å². The summed E-state index contributed by atoms with van der Waals surface area (Å²) in [4.78, 5) is 0. The highest BCUT2D eigenvalue weighted by atomic mass is 14.5. The molecular formula is C15H26. The first-order valence-corrected chi connectivity index (χ1v) is 6.69. The normalized spacial score (nSPS) is 45.9. The van der Waals surface area contributed by atoms with Gasteiger partial charge in [-0.1, -0.05) is 38.8 Å². The number of allylic oxidation sites excluding steroid dienone is 1. The molecule has 0 aromatic heterocycles. The molecule has 0 nitrogen and oxygen atoms in total. The standard InChI is InChI=1S/C15H26/c1-11(2)13-8-9-14-7-5-6-12(3)15(14,4)10-13/h12-14H,1,5-10H2,2-4H3/t12-,13-,14?,15?/m1/s1. The van der Waals surface area contributed by atoms with E-state index in [-0.39, 0.29) is 0 Å². The van der Waals surface area contributed by atoms with Crippen LogP contribution in [0.3, 0.4) is 0 Å². The van der Waals surface area contributed by atoms with Gasteiger partial charge >= 0.3 is 0 Å². The fourth-order valence-electron chi connectivity index (χ4n) is 4.03. The number of hydrogen-bond acceptors (Lipinski definition) is 0. The highest BCUT2D eigenvalue weighted by molar-refractivity contribution is 5.04. The fourth-order valence-corrected chi connectivity index (χ4v) is 4.03. The van der Waals surface area contributed by atoms with E-state index in [9.17, 15) is 0 Å². The summed E-state index contributed by atoms with van der Waals surface area (Å²) >= 11 is 0. The second-order valence-electron chi connectivity index (χ2n) is 6.36. The summed E-state index contributed by atoms with van der Waals surface area (Å²) in [5, 5.41) is 0. The molecule has 2 rings (SSSR count). The van der Waals surface area contributed by atoms with E-state index in [4.69, 9.17) is 0 Å². The Hall–Kier alpha value is -0.260. The highest BCUT2D eigenvalue weighted by Gasteiger charge is 2.45. The van der Waals surface area contributed by atoms with E-state index >= 15 is 0 Å². The molecule has 15 heavy (non-hydrogen) atoms. The minimum Gasteiger partial charge on any atom is -0.0999 e. The van der Waals surface area contributed by atoms with E-state index in [2.05, 4.69) is 27.4 Å². The van der Waals surface area contributed by atoms with Crippen molar-refractivity contribution in [2.24, 2.45) is 23.2 Å². The van der Waals surface area contributed by atoms with Crippen molar-refractivity contribution >= 4 is 0 Å². The Morgan fingerprint density at radius 3 is 2.60 bits per heavy atom. The van der Waals surface area contributed by atoms with Crippen LogP contribution in [0, 0.1) is 23.2 Å². The Labute approximate surface area is 95.1 Å². The average molecular weight is 206 g/mol. The van der Waals surface area contributed by atoms with Gasteiger partial charge in [0.15, 0.2) is 0 Å². The molecule has 0 spiro atoms. The minimum atomic E-state index is 0.625.